The Bertz CT molecular complexity index is 393. The van der Waals surface area contributed by atoms with Gasteiger partial charge in [-0.1, -0.05) is 12.1 Å². The molecule has 1 N–H and O–H groups in total. The SMILES string of the molecule is O=C(O)CCCc1ccc(OC2CCCCO2)cc1. The molecular formula is C15H20O4. The average molecular weight is 264 g/mol. The molecule has 0 saturated carbocycles. The van der Waals surface area contributed by atoms with Crippen LogP contribution in [0.4, 0.5) is 0 Å². The highest BCUT2D eigenvalue weighted by atomic mass is 16.7. The van der Waals surface area contributed by atoms with Gasteiger partial charge in [-0.05, 0) is 43.4 Å². The maximum atomic E-state index is 10.4. The Labute approximate surface area is 113 Å². The van der Waals surface area contributed by atoms with E-state index in [1.54, 1.807) is 0 Å². The molecule has 104 valence electrons. The molecule has 1 aliphatic rings. The number of aryl methyl sites for hydroxylation is 1. The Morgan fingerprint density at radius 1 is 1.32 bits per heavy atom. The van der Waals surface area contributed by atoms with Crippen molar-refractivity contribution >= 4 is 5.97 Å². The number of carboxylic acids is 1. The van der Waals surface area contributed by atoms with Gasteiger partial charge >= 0.3 is 5.97 Å². The predicted octanol–water partition coefficient (Wildman–Crippen LogP) is 3.00. The lowest BCUT2D eigenvalue weighted by molar-refractivity contribution is -0.137. The molecular weight excluding hydrogens is 244 g/mol. The molecule has 0 radical (unpaired) electrons. The van der Waals surface area contributed by atoms with Crippen LogP contribution in [0.25, 0.3) is 0 Å². The van der Waals surface area contributed by atoms with Gasteiger partial charge in [0.15, 0.2) is 6.29 Å². The smallest absolute Gasteiger partial charge is 0.303 e. The molecule has 0 aromatic heterocycles. The predicted molar refractivity (Wildman–Crippen MR) is 71.2 cm³/mol. The molecule has 1 aromatic rings. The van der Waals surface area contributed by atoms with Crippen molar-refractivity contribution in [2.75, 3.05) is 6.61 Å². The molecule has 0 amide bonds. The van der Waals surface area contributed by atoms with Gasteiger partial charge in [-0.3, -0.25) is 4.79 Å². The van der Waals surface area contributed by atoms with Crippen LogP contribution in [0.1, 0.15) is 37.7 Å². The van der Waals surface area contributed by atoms with Crippen LogP contribution in [0.2, 0.25) is 0 Å². The number of hydrogen-bond acceptors (Lipinski definition) is 3. The first-order valence-corrected chi connectivity index (χ1v) is 6.83. The Balaban J connectivity index is 1.78. The van der Waals surface area contributed by atoms with Crippen molar-refractivity contribution in [2.24, 2.45) is 0 Å². The van der Waals surface area contributed by atoms with Gasteiger partial charge in [0.1, 0.15) is 5.75 Å². The zero-order valence-corrected chi connectivity index (χ0v) is 11.0. The lowest BCUT2D eigenvalue weighted by atomic mass is 10.1. The molecule has 2 rings (SSSR count). The minimum absolute atomic E-state index is 0.119. The van der Waals surface area contributed by atoms with E-state index in [0.29, 0.717) is 6.42 Å². The third-order valence-corrected chi connectivity index (χ3v) is 3.18. The van der Waals surface area contributed by atoms with Crippen molar-refractivity contribution in [3.05, 3.63) is 29.8 Å². The van der Waals surface area contributed by atoms with Crippen LogP contribution in [0.3, 0.4) is 0 Å². The fraction of sp³-hybridized carbons (Fsp3) is 0.533. The van der Waals surface area contributed by atoms with Crippen LogP contribution in [0, 0.1) is 0 Å². The van der Waals surface area contributed by atoms with E-state index in [2.05, 4.69) is 0 Å². The second-order valence-corrected chi connectivity index (χ2v) is 4.81. The topological polar surface area (TPSA) is 55.8 Å². The molecule has 1 aromatic carbocycles. The fourth-order valence-electron chi connectivity index (χ4n) is 2.13. The Hall–Kier alpha value is -1.55. The third kappa shape index (κ3) is 4.91. The summed E-state index contributed by atoms with van der Waals surface area (Å²) in [4.78, 5) is 10.4. The molecule has 1 aliphatic heterocycles. The minimum Gasteiger partial charge on any atom is -0.481 e. The summed E-state index contributed by atoms with van der Waals surface area (Å²) in [6.07, 6.45) is 4.76. The summed E-state index contributed by atoms with van der Waals surface area (Å²) in [5.41, 5.74) is 1.14. The molecule has 1 saturated heterocycles. The van der Waals surface area contributed by atoms with E-state index in [4.69, 9.17) is 14.6 Å². The highest BCUT2D eigenvalue weighted by Crippen LogP contribution is 2.20. The summed E-state index contributed by atoms with van der Waals surface area (Å²) in [5, 5.41) is 8.58. The van der Waals surface area contributed by atoms with Gasteiger partial charge in [-0.15, -0.1) is 0 Å². The first kappa shape index (κ1) is 13.9. The molecule has 0 spiro atoms. The molecule has 4 nitrogen and oxygen atoms in total. The lowest BCUT2D eigenvalue weighted by Gasteiger charge is -2.23. The van der Waals surface area contributed by atoms with Gasteiger partial charge in [0, 0.05) is 12.8 Å². The standard InChI is InChI=1S/C15H20O4/c16-14(17)5-3-4-12-7-9-13(10-8-12)19-15-6-1-2-11-18-15/h7-10,15H,1-6,11H2,(H,16,17). The highest BCUT2D eigenvalue weighted by Gasteiger charge is 2.14. The van der Waals surface area contributed by atoms with E-state index in [1.807, 2.05) is 24.3 Å². The lowest BCUT2D eigenvalue weighted by Crippen LogP contribution is -2.24. The normalized spacial score (nSPS) is 19.1. The molecule has 0 aliphatic carbocycles. The molecule has 1 fully saturated rings. The van der Waals surface area contributed by atoms with E-state index < -0.39 is 5.97 Å². The summed E-state index contributed by atoms with van der Waals surface area (Å²) in [6, 6.07) is 7.82. The first-order chi connectivity index (χ1) is 9.24. The zero-order chi connectivity index (χ0) is 13.5. The number of aliphatic carboxylic acids is 1. The van der Waals surface area contributed by atoms with Crippen LogP contribution in [-0.4, -0.2) is 24.0 Å². The number of carbonyl (C=O) groups is 1. The number of ether oxygens (including phenoxy) is 2. The summed E-state index contributed by atoms with van der Waals surface area (Å²) in [6.45, 7) is 0.776. The number of hydrogen-bond donors (Lipinski definition) is 1. The van der Waals surface area contributed by atoms with E-state index in [0.717, 1.165) is 43.6 Å². The van der Waals surface area contributed by atoms with Gasteiger partial charge < -0.3 is 14.6 Å². The Morgan fingerprint density at radius 2 is 2.11 bits per heavy atom. The first-order valence-electron chi connectivity index (χ1n) is 6.83. The second-order valence-electron chi connectivity index (χ2n) is 4.81. The fourth-order valence-corrected chi connectivity index (χ4v) is 2.13. The van der Waals surface area contributed by atoms with Crippen LogP contribution >= 0.6 is 0 Å². The zero-order valence-electron chi connectivity index (χ0n) is 11.0. The quantitative estimate of drug-likeness (QED) is 0.858. The van der Waals surface area contributed by atoms with Crippen LogP contribution in [0.15, 0.2) is 24.3 Å². The van der Waals surface area contributed by atoms with Crippen molar-refractivity contribution in [1.82, 2.24) is 0 Å². The van der Waals surface area contributed by atoms with Crippen LogP contribution in [0.5, 0.6) is 5.75 Å². The minimum atomic E-state index is -0.741. The number of benzene rings is 1. The van der Waals surface area contributed by atoms with Crippen molar-refractivity contribution in [2.45, 2.75) is 44.8 Å². The summed E-state index contributed by atoms with van der Waals surface area (Å²) >= 11 is 0. The maximum Gasteiger partial charge on any atom is 0.303 e. The molecule has 19 heavy (non-hydrogen) atoms. The van der Waals surface area contributed by atoms with Crippen molar-refractivity contribution < 1.29 is 19.4 Å². The van der Waals surface area contributed by atoms with Crippen molar-refractivity contribution in [1.29, 1.82) is 0 Å². The molecule has 0 bridgehead atoms. The molecule has 4 heteroatoms. The van der Waals surface area contributed by atoms with Gasteiger partial charge in [-0.25, -0.2) is 0 Å². The molecule has 1 unspecified atom stereocenters. The summed E-state index contributed by atoms with van der Waals surface area (Å²) < 4.78 is 11.3. The summed E-state index contributed by atoms with van der Waals surface area (Å²) in [7, 11) is 0. The van der Waals surface area contributed by atoms with Gasteiger partial charge in [0.25, 0.3) is 0 Å². The van der Waals surface area contributed by atoms with E-state index in [9.17, 15) is 4.79 Å². The number of rotatable bonds is 6. The maximum absolute atomic E-state index is 10.4. The average Bonchev–Trinajstić information content (AvgIpc) is 2.42. The largest absolute Gasteiger partial charge is 0.481 e. The van der Waals surface area contributed by atoms with Crippen LogP contribution < -0.4 is 4.74 Å². The second kappa shape index (κ2) is 7.14. The molecule has 1 atom stereocenters. The van der Waals surface area contributed by atoms with E-state index in [1.165, 1.54) is 0 Å². The molecule has 1 heterocycles. The van der Waals surface area contributed by atoms with E-state index in [-0.39, 0.29) is 12.7 Å². The third-order valence-electron chi connectivity index (χ3n) is 3.18. The van der Waals surface area contributed by atoms with E-state index >= 15 is 0 Å². The monoisotopic (exact) mass is 264 g/mol. The van der Waals surface area contributed by atoms with Gasteiger partial charge in [0.2, 0.25) is 0 Å². The summed E-state index contributed by atoms with van der Waals surface area (Å²) in [5.74, 6) is 0.0725. The highest BCUT2D eigenvalue weighted by molar-refractivity contribution is 5.66. The van der Waals surface area contributed by atoms with Gasteiger partial charge in [-0.2, -0.15) is 0 Å². The van der Waals surface area contributed by atoms with Crippen molar-refractivity contribution in [3.8, 4) is 5.75 Å². The number of carboxylic acid groups (broad SMARTS) is 1. The van der Waals surface area contributed by atoms with Gasteiger partial charge in [0.05, 0.1) is 6.61 Å². The van der Waals surface area contributed by atoms with Crippen LogP contribution in [-0.2, 0) is 16.0 Å². The Kier molecular flexibility index (Phi) is 5.21. The van der Waals surface area contributed by atoms with Crippen molar-refractivity contribution in [3.63, 3.8) is 0 Å². The Morgan fingerprint density at radius 3 is 2.74 bits per heavy atom.